The van der Waals surface area contributed by atoms with Gasteiger partial charge in [0, 0.05) is 0 Å². The van der Waals surface area contributed by atoms with E-state index in [1.807, 2.05) is 0 Å². The van der Waals surface area contributed by atoms with Crippen molar-refractivity contribution in [3.63, 3.8) is 0 Å². The van der Waals surface area contributed by atoms with Gasteiger partial charge in [0.05, 0.1) is 31.1 Å². The highest BCUT2D eigenvalue weighted by Crippen LogP contribution is 2.19. The molecule has 1 fully saturated rings. The van der Waals surface area contributed by atoms with E-state index in [9.17, 15) is 9.18 Å². The zero-order valence-corrected chi connectivity index (χ0v) is 10.8. The maximum Gasteiger partial charge on any atom is 0.255 e. The number of anilines is 1. The van der Waals surface area contributed by atoms with Crippen molar-refractivity contribution < 1.29 is 18.7 Å². The summed E-state index contributed by atoms with van der Waals surface area (Å²) in [4.78, 5) is 11.8. The number of hydrogen-bond acceptors (Lipinski definition) is 4. The van der Waals surface area contributed by atoms with E-state index in [2.05, 4.69) is 5.32 Å². The molecule has 102 valence electrons. The van der Waals surface area contributed by atoms with Crippen LogP contribution in [0.2, 0.25) is 0 Å². The fourth-order valence-electron chi connectivity index (χ4n) is 1.73. The molecule has 1 aliphatic rings. The first-order chi connectivity index (χ1) is 9.09. The topological polar surface area (TPSA) is 73.6 Å². The van der Waals surface area contributed by atoms with Gasteiger partial charge in [-0.3, -0.25) is 4.79 Å². The van der Waals surface area contributed by atoms with Gasteiger partial charge in [-0.05, 0) is 12.1 Å². The number of nitrogens with two attached hydrogens (primary N) is 1. The minimum Gasteiger partial charge on any atom is -0.389 e. The molecule has 0 radical (unpaired) electrons. The highest BCUT2D eigenvalue weighted by molar-refractivity contribution is 7.80. The molecule has 0 aromatic heterocycles. The Morgan fingerprint density at radius 2 is 2.26 bits per heavy atom. The molecule has 3 N–H and O–H groups in total. The molecule has 7 heteroatoms. The Morgan fingerprint density at radius 3 is 2.89 bits per heavy atom. The zero-order chi connectivity index (χ0) is 13.8. The van der Waals surface area contributed by atoms with Gasteiger partial charge in [0.15, 0.2) is 6.10 Å². The summed E-state index contributed by atoms with van der Waals surface area (Å²) in [7, 11) is 0. The summed E-state index contributed by atoms with van der Waals surface area (Å²) in [6, 6.07) is 4.22. The maximum absolute atomic E-state index is 13.6. The monoisotopic (exact) mass is 284 g/mol. The van der Waals surface area contributed by atoms with Gasteiger partial charge in [0.2, 0.25) is 0 Å². The van der Waals surface area contributed by atoms with Crippen LogP contribution < -0.4 is 11.1 Å². The number of nitrogens with one attached hydrogen (secondary N) is 1. The fraction of sp³-hybridized carbons (Fsp3) is 0.333. The molecule has 1 saturated heterocycles. The molecule has 0 spiro atoms. The van der Waals surface area contributed by atoms with E-state index < -0.39 is 17.8 Å². The van der Waals surface area contributed by atoms with Gasteiger partial charge in [-0.25, -0.2) is 4.39 Å². The molecule has 1 atom stereocenters. The Labute approximate surface area is 114 Å². The van der Waals surface area contributed by atoms with E-state index in [-0.39, 0.29) is 22.8 Å². The standard InChI is InChI=1S/C12H13FN2O3S/c13-7-2-1-3-8(10(7)11(14)19)15-12(16)9-6-17-4-5-18-9/h1-3,9H,4-6H2,(H2,14,19)(H,15,16). The molecule has 1 unspecified atom stereocenters. The van der Waals surface area contributed by atoms with Gasteiger partial charge in [-0.15, -0.1) is 0 Å². The Hall–Kier alpha value is -1.57. The average molecular weight is 284 g/mol. The minimum atomic E-state index is -0.712. The minimum absolute atomic E-state index is 0.0163. The summed E-state index contributed by atoms with van der Waals surface area (Å²) in [6.45, 7) is 0.981. The lowest BCUT2D eigenvalue weighted by molar-refractivity contribution is -0.142. The number of amides is 1. The van der Waals surface area contributed by atoms with E-state index in [1.54, 1.807) is 0 Å². The highest BCUT2D eigenvalue weighted by Gasteiger charge is 2.24. The second-order valence-corrected chi connectivity index (χ2v) is 4.39. The summed E-state index contributed by atoms with van der Waals surface area (Å²) < 4.78 is 24.0. The third kappa shape index (κ3) is 3.25. The Balaban J connectivity index is 2.16. The average Bonchev–Trinajstić information content (AvgIpc) is 2.39. The number of ether oxygens (including phenoxy) is 2. The van der Waals surface area contributed by atoms with Crippen LogP contribution in [0.25, 0.3) is 0 Å². The second-order valence-electron chi connectivity index (χ2n) is 3.95. The molecule has 5 nitrogen and oxygen atoms in total. The molecule has 1 amide bonds. The van der Waals surface area contributed by atoms with Crippen LogP contribution in [0, 0.1) is 5.82 Å². The Kier molecular flexibility index (Phi) is 4.41. The largest absolute Gasteiger partial charge is 0.389 e. The first-order valence-corrected chi connectivity index (χ1v) is 6.09. The van der Waals surface area contributed by atoms with Crippen molar-refractivity contribution in [3.8, 4) is 0 Å². The van der Waals surface area contributed by atoms with Crippen molar-refractivity contribution in [1.29, 1.82) is 0 Å². The molecule has 0 bridgehead atoms. The van der Waals surface area contributed by atoms with E-state index in [0.29, 0.717) is 13.2 Å². The van der Waals surface area contributed by atoms with Crippen LogP contribution in [-0.4, -0.2) is 36.8 Å². The Morgan fingerprint density at radius 1 is 1.47 bits per heavy atom. The third-order valence-electron chi connectivity index (χ3n) is 2.63. The van der Waals surface area contributed by atoms with E-state index in [0.717, 1.165) is 0 Å². The van der Waals surface area contributed by atoms with Crippen LogP contribution >= 0.6 is 12.2 Å². The summed E-state index contributed by atoms with van der Waals surface area (Å²) in [6.07, 6.45) is -0.712. The number of thiocarbonyl (C=S) groups is 1. The van der Waals surface area contributed by atoms with Crippen molar-refractivity contribution in [2.24, 2.45) is 5.73 Å². The molecule has 2 rings (SSSR count). The second kappa shape index (κ2) is 6.05. The summed E-state index contributed by atoms with van der Waals surface area (Å²) in [5.41, 5.74) is 5.70. The molecular weight excluding hydrogens is 271 g/mol. The molecule has 0 aliphatic carbocycles. The Bertz CT molecular complexity index is 504. The highest BCUT2D eigenvalue weighted by atomic mass is 32.1. The van der Waals surface area contributed by atoms with Gasteiger partial charge in [0.1, 0.15) is 10.8 Å². The lowest BCUT2D eigenvalue weighted by Gasteiger charge is -2.22. The van der Waals surface area contributed by atoms with Crippen molar-refractivity contribution in [2.45, 2.75) is 6.10 Å². The molecule has 1 aromatic rings. The summed E-state index contributed by atoms with van der Waals surface area (Å²) >= 11 is 4.78. The maximum atomic E-state index is 13.6. The van der Waals surface area contributed by atoms with Crippen LogP contribution in [0.15, 0.2) is 18.2 Å². The van der Waals surface area contributed by atoms with Crippen molar-refractivity contribution in [1.82, 2.24) is 0 Å². The lowest BCUT2D eigenvalue weighted by Crippen LogP contribution is -2.39. The zero-order valence-electron chi connectivity index (χ0n) is 10.0. The first kappa shape index (κ1) is 13.9. The van der Waals surface area contributed by atoms with E-state index in [4.69, 9.17) is 27.4 Å². The van der Waals surface area contributed by atoms with Gasteiger partial charge >= 0.3 is 0 Å². The number of rotatable bonds is 3. The quantitative estimate of drug-likeness (QED) is 0.804. The first-order valence-electron chi connectivity index (χ1n) is 5.68. The lowest BCUT2D eigenvalue weighted by atomic mass is 10.1. The molecule has 0 saturated carbocycles. The van der Waals surface area contributed by atoms with Gasteiger partial charge in [0.25, 0.3) is 5.91 Å². The normalized spacial score (nSPS) is 18.9. The third-order valence-corrected chi connectivity index (χ3v) is 2.83. The fourth-order valence-corrected chi connectivity index (χ4v) is 1.94. The molecule has 1 aliphatic heterocycles. The smallest absolute Gasteiger partial charge is 0.255 e. The van der Waals surface area contributed by atoms with Crippen molar-refractivity contribution in [2.75, 3.05) is 25.1 Å². The van der Waals surface area contributed by atoms with Crippen LogP contribution in [0.4, 0.5) is 10.1 Å². The molecule has 19 heavy (non-hydrogen) atoms. The van der Waals surface area contributed by atoms with Crippen LogP contribution in [-0.2, 0) is 14.3 Å². The summed E-state index contributed by atoms with van der Waals surface area (Å²) in [5, 5.41) is 2.55. The SMILES string of the molecule is NC(=S)c1c(F)cccc1NC(=O)C1COCCO1. The van der Waals surface area contributed by atoms with Gasteiger partial charge in [-0.1, -0.05) is 18.3 Å². The number of carbonyl (C=O) groups excluding carboxylic acids is 1. The van der Waals surface area contributed by atoms with Crippen LogP contribution in [0.3, 0.4) is 0 Å². The number of halogens is 1. The van der Waals surface area contributed by atoms with Gasteiger partial charge in [-0.2, -0.15) is 0 Å². The number of hydrogen-bond donors (Lipinski definition) is 2. The molecule has 1 aromatic carbocycles. The van der Waals surface area contributed by atoms with Crippen molar-refractivity contribution >= 4 is 28.8 Å². The van der Waals surface area contributed by atoms with Crippen LogP contribution in [0.1, 0.15) is 5.56 Å². The number of carbonyl (C=O) groups is 1. The molecule has 1 heterocycles. The van der Waals surface area contributed by atoms with Crippen LogP contribution in [0.5, 0.6) is 0 Å². The van der Waals surface area contributed by atoms with E-state index >= 15 is 0 Å². The van der Waals surface area contributed by atoms with E-state index in [1.165, 1.54) is 18.2 Å². The predicted octanol–water partition coefficient (Wildman–Crippen LogP) is 0.814. The predicted molar refractivity (Wildman–Crippen MR) is 71.5 cm³/mol. The van der Waals surface area contributed by atoms with Gasteiger partial charge < -0.3 is 20.5 Å². The van der Waals surface area contributed by atoms with Crippen molar-refractivity contribution in [3.05, 3.63) is 29.6 Å². The number of benzene rings is 1. The summed E-state index contributed by atoms with van der Waals surface area (Å²) in [5.74, 6) is -0.992. The molecular formula is C12H13FN2O3S.